The summed E-state index contributed by atoms with van der Waals surface area (Å²) in [5.41, 5.74) is 2.70. The van der Waals surface area contributed by atoms with Crippen LogP contribution in [0.1, 0.15) is 12.5 Å². The molecule has 0 saturated carbocycles. The lowest BCUT2D eigenvalue weighted by Gasteiger charge is -2.13. The van der Waals surface area contributed by atoms with Crippen LogP contribution in [-0.2, 0) is 9.53 Å². The van der Waals surface area contributed by atoms with Gasteiger partial charge >= 0.3 is 5.97 Å². The third-order valence-corrected chi connectivity index (χ3v) is 3.17. The Hall–Kier alpha value is -3.06. The molecule has 0 radical (unpaired) electrons. The third-order valence-electron chi connectivity index (χ3n) is 3.17. The first-order valence-corrected chi connectivity index (χ1v) is 7.19. The third kappa shape index (κ3) is 4.72. The van der Waals surface area contributed by atoms with E-state index >= 15 is 0 Å². The zero-order valence-corrected chi connectivity index (χ0v) is 12.9. The van der Waals surface area contributed by atoms with Gasteiger partial charge in [0, 0.05) is 6.08 Å². The Morgan fingerprint density at radius 2 is 1.74 bits per heavy atom. The molecule has 4 nitrogen and oxygen atoms in total. The number of carbonyl (C=O) groups is 1. The molecule has 0 amide bonds. The zero-order valence-electron chi connectivity index (χ0n) is 12.9. The van der Waals surface area contributed by atoms with Crippen molar-refractivity contribution in [1.82, 2.24) is 0 Å². The minimum atomic E-state index is -0.461. The van der Waals surface area contributed by atoms with Crippen molar-refractivity contribution >= 4 is 5.97 Å². The Morgan fingerprint density at radius 1 is 1.17 bits per heavy atom. The van der Waals surface area contributed by atoms with Crippen LogP contribution in [0.15, 0.2) is 61.2 Å². The maximum Gasteiger partial charge on any atom is 0.330 e. The molecule has 116 valence electrons. The number of benzene rings is 2. The number of ether oxygens (including phenoxy) is 2. The zero-order chi connectivity index (χ0) is 16.7. The molecule has 0 aliphatic rings. The summed E-state index contributed by atoms with van der Waals surface area (Å²) >= 11 is 0. The number of nitrogens with zero attached hydrogens (tertiary/aromatic N) is 1. The maximum atomic E-state index is 11.1. The van der Waals surface area contributed by atoms with Crippen LogP contribution in [0.25, 0.3) is 11.1 Å². The highest BCUT2D eigenvalue weighted by Gasteiger charge is 2.07. The molecule has 0 aliphatic carbocycles. The molecule has 0 N–H and O–H groups in total. The highest BCUT2D eigenvalue weighted by molar-refractivity contribution is 5.81. The van der Waals surface area contributed by atoms with Gasteiger partial charge in [-0.25, -0.2) is 4.79 Å². The van der Waals surface area contributed by atoms with Crippen molar-refractivity contribution in [3.05, 3.63) is 66.7 Å². The molecule has 0 aromatic heterocycles. The lowest BCUT2D eigenvalue weighted by atomic mass is 10.0. The molecule has 0 saturated heterocycles. The smallest absolute Gasteiger partial charge is 0.330 e. The second kappa shape index (κ2) is 7.81. The van der Waals surface area contributed by atoms with Crippen LogP contribution >= 0.6 is 0 Å². The molecule has 0 spiro atoms. The van der Waals surface area contributed by atoms with Gasteiger partial charge in [-0.05, 0) is 42.3 Å². The fourth-order valence-corrected chi connectivity index (χ4v) is 1.97. The molecule has 23 heavy (non-hydrogen) atoms. The van der Waals surface area contributed by atoms with Crippen molar-refractivity contribution in [1.29, 1.82) is 5.26 Å². The van der Waals surface area contributed by atoms with Gasteiger partial charge in [-0.1, -0.05) is 30.8 Å². The van der Waals surface area contributed by atoms with Gasteiger partial charge in [0.25, 0.3) is 0 Å². The van der Waals surface area contributed by atoms with E-state index in [1.165, 1.54) is 0 Å². The van der Waals surface area contributed by atoms with Crippen molar-refractivity contribution in [3.8, 4) is 22.9 Å². The second-order valence-corrected chi connectivity index (χ2v) is 4.98. The summed E-state index contributed by atoms with van der Waals surface area (Å²) in [5, 5.41) is 8.81. The largest absolute Gasteiger partial charge is 0.490 e. The van der Waals surface area contributed by atoms with Gasteiger partial charge in [0.15, 0.2) is 0 Å². The molecule has 2 aromatic rings. The molecular formula is C19H17NO3. The van der Waals surface area contributed by atoms with Gasteiger partial charge in [0.2, 0.25) is 0 Å². The molecule has 0 unspecified atom stereocenters. The Labute approximate surface area is 135 Å². The number of carbonyl (C=O) groups excluding carboxylic acids is 1. The SMILES string of the molecule is C=CC(=O)O[C@@H](C)COc1ccc(-c2ccc(C#N)cc2)cc1. The summed E-state index contributed by atoms with van der Waals surface area (Å²) in [6.45, 7) is 5.38. The van der Waals surface area contributed by atoms with Crippen molar-refractivity contribution in [2.24, 2.45) is 0 Å². The predicted molar refractivity (Wildman–Crippen MR) is 87.8 cm³/mol. The van der Waals surface area contributed by atoms with Crippen LogP contribution in [0.5, 0.6) is 5.75 Å². The van der Waals surface area contributed by atoms with Crippen molar-refractivity contribution < 1.29 is 14.3 Å². The van der Waals surface area contributed by atoms with E-state index in [2.05, 4.69) is 12.6 Å². The van der Waals surface area contributed by atoms with Crippen LogP contribution in [0.3, 0.4) is 0 Å². The molecule has 1 atom stereocenters. The minimum absolute atomic E-state index is 0.274. The van der Waals surface area contributed by atoms with Crippen molar-refractivity contribution in [2.45, 2.75) is 13.0 Å². The summed E-state index contributed by atoms with van der Waals surface area (Å²) in [6.07, 6.45) is 0.779. The molecule has 4 heteroatoms. The van der Waals surface area contributed by atoms with E-state index in [9.17, 15) is 4.79 Å². The van der Waals surface area contributed by atoms with Gasteiger partial charge in [-0.3, -0.25) is 0 Å². The first-order chi connectivity index (χ1) is 11.1. The van der Waals surface area contributed by atoms with E-state index in [0.29, 0.717) is 11.3 Å². The molecule has 0 heterocycles. The Bertz CT molecular complexity index is 712. The summed E-state index contributed by atoms with van der Waals surface area (Å²) < 4.78 is 10.6. The monoisotopic (exact) mass is 307 g/mol. The average molecular weight is 307 g/mol. The fraction of sp³-hybridized carbons (Fsp3) is 0.158. The normalized spacial score (nSPS) is 11.1. The quantitative estimate of drug-likeness (QED) is 0.603. The molecule has 2 aromatic carbocycles. The van der Waals surface area contributed by atoms with Crippen molar-refractivity contribution in [2.75, 3.05) is 6.61 Å². The van der Waals surface area contributed by atoms with E-state index < -0.39 is 5.97 Å². The van der Waals surface area contributed by atoms with Crippen LogP contribution in [0, 0.1) is 11.3 Å². The summed E-state index contributed by atoms with van der Waals surface area (Å²) in [4.78, 5) is 11.1. The minimum Gasteiger partial charge on any atom is -0.490 e. The molecule has 0 fully saturated rings. The Balaban J connectivity index is 1.95. The van der Waals surface area contributed by atoms with Gasteiger partial charge in [0.1, 0.15) is 18.5 Å². The molecule has 2 rings (SSSR count). The number of hydrogen-bond donors (Lipinski definition) is 0. The summed E-state index contributed by atoms with van der Waals surface area (Å²) in [7, 11) is 0. The van der Waals surface area contributed by atoms with Crippen LogP contribution in [0.4, 0.5) is 0 Å². The highest BCUT2D eigenvalue weighted by Crippen LogP contribution is 2.22. The topological polar surface area (TPSA) is 59.3 Å². The first-order valence-electron chi connectivity index (χ1n) is 7.19. The van der Waals surface area contributed by atoms with Gasteiger partial charge in [-0.2, -0.15) is 5.26 Å². The fourth-order valence-electron chi connectivity index (χ4n) is 1.97. The van der Waals surface area contributed by atoms with Crippen LogP contribution in [-0.4, -0.2) is 18.7 Å². The number of esters is 1. The number of hydrogen-bond acceptors (Lipinski definition) is 4. The second-order valence-electron chi connectivity index (χ2n) is 4.98. The molecule has 0 bridgehead atoms. The van der Waals surface area contributed by atoms with Gasteiger partial charge < -0.3 is 9.47 Å². The standard InChI is InChI=1S/C19H17NO3/c1-3-19(21)23-14(2)13-22-18-10-8-17(9-11-18)16-6-4-15(12-20)5-7-16/h3-11,14H,1,13H2,2H3/t14-/m0/s1. The van der Waals surface area contributed by atoms with Gasteiger partial charge in [0.05, 0.1) is 11.6 Å². The summed E-state index contributed by atoms with van der Waals surface area (Å²) in [6, 6.07) is 17.1. The van der Waals surface area contributed by atoms with E-state index in [4.69, 9.17) is 14.7 Å². The average Bonchev–Trinajstić information content (AvgIpc) is 2.60. The Morgan fingerprint density at radius 3 is 2.26 bits per heavy atom. The lowest BCUT2D eigenvalue weighted by molar-refractivity contribution is -0.143. The lowest BCUT2D eigenvalue weighted by Crippen LogP contribution is -2.20. The number of nitriles is 1. The van der Waals surface area contributed by atoms with E-state index in [-0.39, 0.29) is 12.7 Å². The first kappa shape index (κ1) is 16.3. The Kier molecular flexibility index (Phi) is 5.54. The molecular weight excluding hydrogens is 290 g/mol. The van der Waals surface area contributed by atoms with E-state index in [1.807, 2.05) is 36.4 Å². The van der Waals surface area contributed by atoms with Crippen LogP contribution < -0.4 is 4.74 Å². The van der Waals surface area contributed by atoms with E-state index in [0.717, 1.165) is 17.2 Å². The highest BCUT2D eigenvalue weighted by atomic mass is 16.6. The van der Waals surface area contributed by atoms with Gasteiger partial charge in [-0.15, -0.1) is 0 Å². The maximum absolute atomic E-state index is 11.1. The number of rotatable bonds is 6. The molecule has 0 aliphatic heterocycles. The van der Waals surface area contributed by atoms with Crippen molar-refractivity contribution in [3.63, 3.8) is 0 Å². The predicted octanol–water partition coefficient (Wildman–Crippen LogP) is 3.72. The van der Waals surface area contributed by atoms with Crippen LogP contribution in [0.2, 0.25) is 0 Å². The van der Waals surface area contributed by atoms with E-state index in [1.54, 1.807) is 19.1 Å². The summed E-state index contributed by atoms with van der Waals surface area (Å²) in [5.74, 6) is 0.237.